The molecule has 2 rings (SSSR count). The SMILES string of the molecule is CCN(CC)c1ccc(NC(C)c2cnn(C)c2)cc1. The van der Waals surface area contributed by atoms with Crippen LogP contribution in [0, 0.1) is 0 Å². The van der Waals surface area contributed by atoms with Crippen LogP contribution in [0.3, 0.4) is 0 Å². The fraction of sp³-hybridized carbons (Fsp3) is 0.438. The van der Waals surface area contributed by atoms with E-state index in [1.165, 1.54) is 11.3 Å². The van der Waals surface area contributed by atoms with Crippen LogP contribution < -0.4 is 10.2 Å². The molecule has 0 fully saturated rings. The number of hydrogen-bond acceptors (Lipinski definition) is 3. The molecule has 1 aromatic heterocycles. The van der Waals surface area contributed by atoms with Gasteiger partial charge in [0.1, 0.15) is 0 Å². The second-order valence-corrected chi connectivity index (χ2v) is 5.03. The van der Waals surface area contributed by atoms with Crippen LogP contribution >= 0.6 is 0 Å². The molecule has 0 aliphatic heterocycles. The zero-order valence-corrected chi connectivity index (χ0v) is 12.8. The number of nitrogens with zero attached hydrogens (tertiary/aromatic N) is 3. The van der Waals surface area contributed by atoms with Gasteiger partial charge in [-0.3, -0.25) is 4.68 Å². The minimum absolute atomic E-state index is 0.253. The van der Waals surface area contributed by atoms with Gasteiger partial charge >= 0.3 is 0 Å². The van der Waals surface area contributed by atoms with Crippen molar-refractivity contribution in [1.29, 1.82) is 0 Å². The molecule has 1 atom stereocenters. The van der Waals surface area contributed by atoms with E-state index in [9.17, 15) is 0 Å². The van der Waals surface area contributed by atoms with Crippen LogP contribution in [0.5, 0.6) is 0 Å². The molecule has 1 N–H and O–H groups in total. The lowest BCUT2D eigenvalue weighted by molar-refractivity contribution is 0.765. The van der Waals surface area contributed by atoms with E-state index in [1.54, 1.807) is 0 Å². The molecular formula is C16H24N4. The molecule has 0 saturated heterocycles. The average molecular weight is 272 g/mol. The van der Waals surface area contributed by atoms with Crippen LogP contribution in [0.15, 0.2) is 36.7 Å². The fourth-order valence-electron chi connectivity index (χ4n) is 2.35. The molecule has 4 nitrogen and oxygen atoms in total. The van der Waals surface area contributed by atoms with Gasteiger partial charge < -0.3 is 10.2 Å². The Hall–Kier alpha value is -1.97. The molecule has 0 aliphatic carbocycles. The monoisotopic (exact) mass is 272 g/mol. The molecule has 1 aromatic carbocycles. The van der Waals surface area contributed by atoms with Crippen molar-refractivity contribution < 1.29 is 0 Å². The molecule has 20 heavy (non-hydrogen) atoms. The summed E-state index contributed by atoms with van der Waals surface area (Å²) in [6.07, 6.45) is 3.95. The first-order chi connectivity index (χ1) is 9.63. The lowest BCUT2D eigenvalue weighted by Crippen LogP contribution is -2.21. The lowest BCUT2D eigenvalue weighted by Gasteiger charge is -2.21. The number of aromatic nitrogens is 2. The average Bonchev–Trinajstić information content (AvgIpc) is 2.89. The second kappa shape index (κ2) is 6.46. The van der Waals surface area contributed by atoms with Crippen LogP contribution in [0.2, 0.25) is 0 Å². The summed E-state index contributed by atoms with van der Waals surface area (Å²) in [5.41, 5.74) is 3.60. The minimum Gasteiger partial charge on any atom is -0.378 e. The predicted molar refractivity (Wildman–Crippen MR) is 85.2 cm³/mol. The Morgan fingerprint density at radius 1 is 1.20 bits per heavy atom. The number of nitrogens with one attached hydrogen (secondary N) is 1. The molecule has 108 valence electrons. The third-order valence-electron chi connectivity index (χ3n) is 3.60. The van der Waals surface area contributed by atoms with E-state index >= 15 is 0 Å². The summed E-state index contributed by atoms with van der Waals surface area (Å²) < 4.78 is 1.83. The highest BCUT2D eigenvalue weighted by Gasteiger charge is 2.07. The van der Waals surface area contributed by atoms with Crippen molar-refractivity contribution >= 4 is 11.4 Å². The summed E-state index contributed by atoms with van der Waals surface area (Å²) in [4.78, 5) is 2.34. The molecule has 0 bridgehead atoms. The highest BCUT2D eigenvalue weighted by Crippen LogP contribution is 2.22. The number of aryl methyl sites for hydroxylation is 1. The molecule has 2 aromatic rings. The van der Waals surface area contributed by atoms with Crippen molar-refractivity contribution in [3.8, 4) is 0 Å². The highest BCUT2D eigenvalue weighted by molar-refractivity contribution is 5.55. The van der Waals surface area contributed by atoms with Gasteiger partial charge in [-0.25, -0.2) is 0 Å². The van der Waals surface area contributed by atoms with Crippen LogP contribution in [-0.2, 0) is 7.05 Å². The number of rotatable bonds is 6. The van der Waals surface area contributed by atoms with E-state index in [0.717, 1.165) is 18.8 Å². The summed E-state index contributed by atoms with van der Waals surface area (Å²) in [6, 6.07) is 8.88. The van der Waals surface area contributed by atoms with Gasteiger partial charge in [0.05, 0.1) is 12.2 Å². The van der Waals surface area contributed by atoms with E-state index in [4.69, 9.17) is 0 Å². The van der Waals surface area contributed by atoms with Gasteiger partial charge in [0.25, 0.3) is 0 Å². The predicted octanol–water partition coefficient (Wildman–Crippen LogP) is 3.44. The summed E-state index contributed by atoms with van der Waals surface area (Å²) in [7, 11) is 1.94. The quantitative estimate of drug-likeness (QED) is 0.874. The third kappa shape index (κ3) is 3.32. The molecule has 0 aliphatic rings. The number of benzene rings is 1. The molecule has 0 amide bonds. The summed E-state index contributed by atoms with van der Waals surface area (Å²) >= 11 is 0. The van der Waals surface area contributed by atoms with Gasteiger partial charge in [0.2, 0.25) is 0 Å². The van der Waals surface area contributed by atoms with Crippen molar-refractivity contribution in [3.63, 3.8) is 0 Å². The number of hydrogen-bond donors (Lipinski definition) is 1. The first-order valence-electron chi connectivity index (χ1n) is 7.24. The molecule has 4 heteroatoms. The maximum atomic E-state index is 4.21. The smallest absolute Gasteiger partial charge is 0.0542 e. The topological polar surface area (TPSA) is 33.1 Å². The largest absolute Gasteiger partial charge is 0.378 e. The van der Waals surface area contributed by atoms with E-state index in [1.807, 2.05) is 24.1 Å². The first kappa shape index (κ1) is 14.4. The van der Waals surface area contributed by atoms with Gasteiger partial charge in [-0.1, -0.05) is 0 Å². The van der Waals surface area contributed by atoms with Crippen molar-refractivity contribution in [2.24, 2.45) is 7.05 Å². The van der Waals surface area contributed by atoms with E-state index < -0.39 is 0 Å². The lowest BCUT2D eigenvalue weighted by atomic mass is 10.1. The molecule has 0 saturated carbocycles. The summed E-state index contributed by atoms with van der Waals surface area (Å²) in [5, 5.41) is 7.71. The van der Waals surface area contributed by atoms with Crippen LogP contribution in [0.1, 0.15) is 32.4 Å². The van der Waals surface area contributed by atoms with Gasteiger partial charge in [-0.15, -0.1) is 0 Å². The fourth-order valence-corrected chi connectivity index (χ4v) is 2.35. The van der Waals surface area contributed by atoms with Gasteiger partial charge in [-0.05, 0) is 45.0 Å². The summed E-state index contributed by atoms with van der Waals surface area (Å²) in [6.45, 7) is 8.58. The van der Waals surface area contributed by atoms with E-state index in [2.05, 4.69) is 60.4 Å². The van der Waals surface area contributed by atoms with Gasteiger partial charge in [0, 0.05) is 43.3 Å². The molecular weight excluding hydrogens is 248 g/mol. The Kier molecular flexibility index (Phi) is 4.66. The Bertz CT molecular complexity index is 526. The van der Waals surface area contributed by atoms with Crippen molar-refractivity contribution in [2.45, 2.75) is 26.8 Å². The Morgan fingerprint density at radius 3 is 2.35 bits per heavy atom. The van der Waals surface area contributed by atoms with Crippen LogP contribution in [-0.4, -0.2) is 22.9 Å². The third-order valence-corrected chi connectivity index (χ3v) is 3.60. The zero-order valence-electron chi connectivity index (χ0n) is 12.8. The summed E-state index contributed by atoms with van der Waals surface area (Å²) in [5.74, 6) is 0. The Morgan fingerprint density at radius 2 is 1.85 bits per heavy atom. The molecule has 0 radical (unpaired) electrons. The maximum absolute atomic E-state index is 4.21. The van der Waals surface area contributed by atoms with Gasteiger partial charge in [0.15, 0.2) is 0 Å². The molecule has 0 spiro atoms. The highest BCUT2D eigenvalue weighted by atomic mass is 15.2. The van der Waals surface area contributed by atoms with Crippen molar-refractivity contribution in [3.05, 3.63) is 42.2 Å². The van der Waals surface area contributed by atoms with Crippen LogP contribution in [0.4, 0.5) is 11.4 Å². The first-order valence-corrected chi connectivity index (χ1v) is 7.24. The zero-order chi connectivity index (χ0) is 14.5. The van der Waals surface area contributed by atoms with Crippen molar-refractivity contribution in [1.82, 2.24) is 9.78 Å². The normalized spacial score (nSPS) is 12.2. The van der Waals surface area contributed by atoms with Crippen LogP contribution in [0.25, 0.3) is 0 Å². The van der Waals surface area contributed by atoms with E-state index in [-0.39, 0.29) is 6.04 Å². The van der Waals surface area contributed by atoms with Crippen molar-refractivity contribution in [2.75, 3.05) is 23.3 Å². The molecule has 1 heterocycles. The standard InChI is InChI=1S/C16H24N4/c1-5-20(6-2)16-9-7-15(8-10-16)18-13(3)14-11-17-19(4)12-14/h7-13,18H,5-6H2,1-4H3. The van der Waals surface area contributed by atoms with Gasteiger partial charge in [-0.2, -0.15) is 5.10 Å². The minimum atomic E-state index is 0.253. The second-order valence-electron chi connectivity index (χ2n) is 5.03. The Labute approximate surface area is 121 Å². The molecule has 1 unspecified atom stereocenters. The maximum Gasteiger partial charge on any atom is 0.0542 e. The van der Waals surface area contributed by atoms with E-state index in [0.29, 0.717) is 0 Å². The Balaban J connectivity index is 2.03. The number of anilines is 2.